The van der Waals surface area contributed by atoms with Crippen LogP contribution in [0.2, 0.25) is 0 Å². The van der Waals surface area contributed by atoms with E-state index < -0.39 is 5.97 Å². The molecule has 0 aromatic heterocycles. The molecule has 2 aliphatic rings. The molecule has 24 heavy (non-hydrogen) atoms. The van der Waals surface area contributed by atoms with Gasteiger partial charge in [-0.2, -0.15) is 0 Å². The molecule has 1 N–H and O–H groups in total. The zero-order chi connectivity index (χ0) is 16.8. The molecule has 3 unspecified atom stereocenters. The van der Waals surface area contributed by atoms with Crippen LogP contribution in [-0.2, 0) is 0 Å². The van der Waals surface area contributed by atoms with Crippen molar-refractivity contribution in [2.45, 2.75) is 32.2 Å². The highest BCUT2D eigenvalue weighted by Gasteiger charge is 2.38. The SMILES string of the molecule is Cc1cc(C)c2c(c1)NC(c1ccc(C(=O)[O-])cc1)C1CC=CC21. The monoisotopic (exact) mass is 318 g/mol. The number of benzene rings is 2. The van der Waals surface area contributed by atoms with Crippen LogP contribution in [0.4, 0.5) is 5.69 Å². The topological polar surface area (TPSA) is 52.2 Å². The van der Waals surface area contributed by atoms with Crippen LogP contribution in [0.1, 0.15) is 51.0 Å². The number of carbonyl (C=O) groups excluding carboxylic acids is 1. The molecule has 1 aliphatic heterocycles. The van der Waals surface area contributed by atoms with Gasteiger partial charge in [0, 0.05) is 11.6 Å². The molecule has 122 valence electrons. The van der Waals surface area contributed by atoms with Crippen molar-refractivity contribution in [2.24, 2.45) is 5.92 Å². The van der Waals surface area contributed by atoms with E-state index in [2.05, 4.69) is 43.4 Å². The van der Waals surface area contributed by atoms with E-state index in [0.29, 0.717) is 11.8 Å². The molecule has 2 aromatic rings. The summed E-state index contributed by atoms with van der Waals surface area (Å²) in [4.78, 5) is 11.0. The van der Waals surface area contributed by atoms with Gasteiger partial charge in [0.15, 0.2) is 0 Å². The Hall–Kier alpha value is -2.55. The number of carboxylic acid groups (broad SMARTS) is 1. The van der Waals surface area contributed by atoms with Gasteiger partial charge in [0.05, 0.1) is 12.0 Å². The molecular formula is C21H20NO2-. The molecule has 1 aliphatic carbocycles. The minimum Gasteiger partial charge on any atom is -0.545 e. The largest absolute Gasteiger partial charge is 0.545 e. The number of hydrogen-bond donors (Lipinski definition) is 1. The zero-order valence-electron chi connectivity index (χ0n) is 13.9. The van der Waals surface area contributed by atoms with Crippen LogP contribution in [0.3, 0.4) is 0 Å². The third kappa shape index (κ3) is 2.32. The van der Waals surface area contributed by atoms with Gasteiger partial charge in [0.2, 0.25) is 0 Å². The second-order valence-corrected chi connectivity index (χ2v) is 6.93. The first-order chi connectivity index (χ1) is 11.5. The minimum atomic E-state index is -1.13. The van der Waals surface area contributed by atoms with Crippen LogP contribution in [-0.4, -0.2) is 5.97 Å². The summed E-state index contributed by atoms with van der Waals surface area (Å²) in [6, 6.07) is 11.7. The Balaban J connectivity index is 1.76. The van der Waals surface area contributed by atoms with Crippen molar-refractivity contribution in [3.8, 4) is 0 Å². The summed E-state index contributed by atoms with van der Waals surface area (Å²) in [7, 11) is 0. The Morgan fingerprint density at radius 2 is 1.92 bits per heavy atom. The van der Waals surface area contributed by atoms with E-state index in [4.69, 9.17) is 0 Å². The highest BCUT2D eigenvalue weighted by atomic mass is 16.4. The molecule has 3 atom stereocenters. The molecule has 0 bridgehead atoms. The van der Waals surface area contributed by atoms with Crippen molar-refractivity contribution in [1.29, 1.82) is 0 Å². The number of aromatic carboxylic acids is 1. The Labute approximate surface area is 142 Å². The molecule has 0 radical (unpaired) electrons. The van der Waals surface area contributed by atoms with E-state index in [-0.39, 0.29) is 11.6 Å². The highest BCUT2D eigenvalue weighted by molar-refractivity contribution is 5.85. The Bertz CT molecular complexity index is 836. The third-order valence-corrected chi connectivity index (χ3v) is 5.32. The van der Waals surface area contributed by atoms with Crippen molar-refractivity contribution < 1.29 is 9.90 Å². The maximum absolute atomic E-state index is 11.0. The van der Waals surface area contributed by atoms with Gasteiger partial charge in [-0.15, -0.1) is 0 Å². The lowest BCUT2D eigenvalue weighted by molar-refractivity contribution is -0.255. The van der Waals surface area contributed by atoms with Crippen LogP contribution >= 0.6 is 0 Å². The molecule has 4 rings (SSSR count). The van der Waals surface area contributed by atoms with Crippen molar-refractivity contribution in [3.63, 3.8) is 0 Å². The van der Waals surface area contributed by atoms with Crippen LogP contribution in [0.25, 0.3) is 0 Å². The van der Waals surface area contributed by atoms with Gasteiger partial charge in [0.25, 0.3) is 0 Å². The third-order valence-electron chi connectivity index (χ3n) is 5.32. The predicted molar refractivity (Wildman–Crippen MR) is 93.0 cm³/mol. The lowest BCUT2D eigenvalue weighted by Crippen LogP contribution is -2.30. The van der Waals surface area contributed by atoms with Crippen molar-refractivity contribution in [1.82, 2.24) is 0 Å². The molecule has 3 heteroatoms. The lowest BCUT2D eigenvalue weighted by Gasteiger charge is -2.38. The smallest absolute Gasteiger partial charge is 0.0715 e. The van der Waals surface area contributed by atoms with E-state index >= 15 is 0 Å². The van der Waals surface area contributed by atoms with Crippen molar-refractivity contribution in [3.05, 3.63) is 76.4 Å². The van der Waals surface area contributed by atoms with Gasteiger partial charge in [-0.25, -0.2) is 0 Å². The average Bonchev–Trinajstić information content (AvgIpc) is 3.02. The summed E-state index contributed by atoms with van der Waals surface area (Å²) in [6.45, 7) is 4.31. The van der Waals surface area contributed by atoms with Gasteiger partial charge in [-0.3, -0.25) is 0 Å². The maximum atomic E-state index is 11.0. The van der Waals surface area contributed by atoms with Crippen molar-refractivity contribution in [2.75, 3.05) is 5.32 Å². The van der Waals surface area contributed by atoms with Gasteiger partial charge < -0.3 is 15.2 Å². The molecular weight excluding hydrogens is 298 g/mol. The first-order valence-electron chi connectivity index (χ1n) is 8.40. The number of carbonyl (C=O) groups is 1. The van der Waals surface area contributed by atoms with Crippen molar-refractivity contribution >= 4 is 11.7 Å². The average molecular weight is 318 g/mol. The molecule has 2 aromatic carbocycles. The molecule has 0 saturated carbocycles. The number of carboxylic acids is 1. The fourth-order valence-electron chi connectivity index (χ4n) is 4.30. The summed E-state index contributed by atoms with van der Waals surface area (Å²) in [5.74, 6) is -0.240. The van der Waals surface area contributed by atoms with Gasteiger partial charge in [-0.05, 0) is 60.1 Å². The van der Waals surface area contributed by atoms with Crippen LogP contribution in [0.5, 0.6) is 0 Å². The molecule has 3 nitrogen and oxygen atoms in total. The number of rotatable bonds is 2. The van der Waals surface area contributed by atoms with Crippen LogP contribution in [0.15, 0.2) is 48.6 Å². The van der Waals surface area contributed by atoms with Gasteiger partial charge in [0.1, 0.15) is 0 Å². The normalized spacial score (nSPS) is 24.2. The summed E-state index contributed by atoms with van der Waals surface area (Å²) in [5, 5.41) is 14.7. The number of aryl methyl sites for hydroxylation is 2. The highest BCUT2D eigenvalue weighted by Crippen LogP contribution is 2.50. The fourth-order valence-corrected chi connectivity index (χ4v) is 4.30. The summed E-state index contributed by atoms with van der Waals surface area (Å²) < 4.78 is 0. The molecule has 1 heterocycles. The quantitative estimate of drug-likeness (QED) is 0.862. The number of nitrogens with one attached hydrogen (secondary N) is 1. The second-order valence-electron chi connectivity index (χ2n) is 6.93. The predicted octanol–water partition coefficient (Wildman–Crippen LogP) is 3.49. The molecule has 0 spiro atoms. The van der Waals surface area contributed by atoms with E-state index in [9.17, 15) is 9.90 Å². The second kappa shape index (κ2) is 5.52. The van der Waals surface area contributed by atoms with E-state index in [1.54, 1.807) is 12.1 Å². The first-order valence-corrected chi connectivity index (χ1v) is 8.40. The standard InChI is InChI=1S/C21H21NO2/c1-12-10-13(2)19-16-4-3-5-17(16)20(22-18(19)11-12)14-6-8-15(9-7-14)21(23)24/h3-4,6-11,16-17,20,22H,5H2,1-2H3,(H,23,24)/p-1. The number of allylic oxidation sites excluding steroid dienone is 2. The zero-order valence-corrected chi connectivity index (χ0v) is 13.9. The Kier molecular flexibility index (Phi) is 3.45. The fraction of sp³-hybridized carbons (Fsp3) is 0.286. The summed E-state index contributed by atoms with van der Waals surface area (Å²) in [6.07, 6.45) is 5.64. The van der Waals surface area contributed by atoms with E-state index in [1.807, 2.05) is 12.1 Å². The lowest BCUT2D eigenvalue weighted by atomic mass is 9.75. The first kappa shape index (κ1) is 15.0. The minimum absolute atomic E-state index is 0.189. The van der Waals surface area contributed by atoms with Crippen LogP contribution < -0.4 is 10.4 Å². The van der Waals surface area contributed by atoms with Crippen LogP contribution in [0, 0.1) is 19.8 Å². The van der Waals surface area contributed by atoms with E-state index in [0.717, 1.165) is 12.0 Å². The molecule has 0 amide bonds. The van der Waals surface area contributed by atoms with Gasteiger partial charge in [-0.1, -0.05) is 42.5 Å². The number of fused-ring (bicyclic) bond motifs is 3. The summed E-state index contributed by atoms with van der Waals surface area (Å²) >= 11 is 0. The molecule has 0 saturated heterocycles. The summed E-state index contributed by atoms with van der Waals surface area (Å²) in [5.41, 5.74) is 6.55. The number of anilines is 1. The Morgan fingerprint density at radius 1 is 1.17 bits per heavy atom. The maximum Gasteiger partial charge on any atom is 0.0715 e. The van der Waals surface area contributed by atoms with Gasteiger partial charge >= 0.3 is 0 Å². The van der Waals surface area contributed by atoms with E-state index in [1.165, 1.54) is 22.4 Å². The molecule has 0 fully saturated rings. The number of hydrogen-bond acceptors (Lipinski definition) is 3. The Morgan fingerprint density at radius 3 is 2.62 bits per heavy atom.